The van der Waals surface area contributed by atoms with E-state index < -0.39 is 0 Å². The minimum Gasteiger partial charge on any atom is -0.364 e. The highest BCUT2D eigenvalue weighted by Gasteiger charge is 2.05. The van der Waals surface area contributed by atoms with Gasteiger partial charge in [-0.25, -0.2) is 9.97 Å². The number of benzene rings is 1. The van der Waals surface area contributed by atoms with Crippen molar-refractivity contribution in [3.05, 3.63) is 59.5 Å². The molecule has 0 aliphatic rings. The SMILES string of the molecule is Cc1cc(NCc2cc(C)[nH]n2)nc(-c2ccccc2)n1. The second kappa shape index (κ2) is 5.75. The van der Waals surface area contributed by atoms with Crippen LogP contribution in [-0.2, 0) is 6.54 Å². The highest BCUT2D eigenvalue weighted by atomic mass is 15.1. The van der Waals surface area contributed by atoms with Gasteiger partial charge in [-0.3, -0.25) is 5.10 Å². The Kier molecular flexibility index (Phi) is 3.64. The minimum atomic E-state index is 0.634. The normalized spacial score (nSPS) is 10.6. The molecule has 3 rings (SSSR count). The standard InChI is InChI=1S/C16H17N5/c1-11-9-15(17-10-14-8-12(2)20-21-14)19-16(18-11)13-6-4-3-5-7-13/h3-9H,10H2,1-2H3,(H,20,21)(H,17,18,19). The zero-order chi connectivity index (χ0) is 14.7. The first-order valence-corrected chi connectivity index (χ1v) is 6.86. The molecule has 0 fully saturated rings. The summed E-state index contributed by atoms with van der Waals surface area (Å²) in [5.41, 5.74) is 3.96. The Balaban J connectivity index is 1.81. The number of anilines is 1. The van der Waals surface area contributed by atoms with Crippen molar-refractivity contribution in [2.45, 2.75) is 20.4 Å². The summed E-state index contributed by atoms with van der Waals surface area (Å²) in [5, 5.41) is 10.4. The van der Waals surface area contributed by atoms with Gasteiger partial charge in [-0.1, -0.05) is 30.3 Å². The van der Waals surface area contributed by atoms with E-state index in [2.05, 4.69) is 25.5 Å². The minimum absolute atomic E-state index is 0.634. The Hall–Kier alpha value is -2.69. The van der Waals surface area contributed by atoms with Crippen LogP contribution < -0.4 is 5.32 Å². The van der Waals surface area contributed by atoms with E-state index in [-0.39, 0.29) is 0 Å². The summed E-state index contributed by atoms with van der Waals surface area (Å²) in [7, 11) is 0. The molecule has 3 aromatic rings. The zero-order valence-electron chi connectivity index (χ0n) is 12.1. The van der Waals surface area contributed by atoms with Gasteiger partial charge in [0.05, 0.1) is 12.2 Å². The van der Waals surface area contributed by atoms with Crippen molar-refractivity contribution in [2.75, 3.05) is 5.32 Å². The number of nitrogens with zero attached hydrogens (tertiary/aromatic N) is 3. The molecule has 0 amide bonds. The van der Waals surface area contributed by atoms with E-state index in [0.29, 0.717) is 6.54 Å². The molecule has 0 unspecified atom stereocenters. The first-order chi connectivity index (χ1) is 10.2. The summed E-state index contributed by atoms with van der Waals surface area (Å²) in [6.07, 6.45) is 0. The van der Waals surface area contributed by atoms with Crippen molar-refractivity contribution >= 4 is 5.82 Å². The fraction of sp³-hybridized carbons (Fsp3) is 0.188. The summed E-state index contributed by atoms with van der Waals surface area (Å²) in [4.78, 5) is 9.06. The molecular formula is C16H17N5. The Labute approximate surface area is 123 Å². The van der Waals surface area contributed by atoms with Crippen molar-refractivity contribution in [1.29, 1.82) is 0 Å². The van der Waals surface area contributed by atoms with Crippen LogP contribution in [0.5, 0.6) is 0 Å². The van der Waals surface area contributed by atoms with Crippen LogP contribution in [0.25, 0.3) is 11.4 Å². The predicted octanol–water partition coefficient (Wildman–Crippen LogP) is 3.10. The first kappa shape index (κ1) is 13.3. The molecule has 2 N–H and O–H groups in total. The number of aromatic amines is 1. The maximum atomic E-state index is 4.57. The largest absolute Gasteiger partial charge is 0.364 e. The number of aryl methyl sites for hydroxylation is 2. The van der Waals surface area contributed by atoms with Gasteiger partial charge in [0.15, 0.2) is 5.82 Å². The van der Waals surface area contributed by atoms with E-state index in [0.717, 1.165) is 34.3 Å². The molecule has 5 nitrogen and oxygen atoms in total. The lowest BCUT2D eigenvalue weighted by atomic mass is 10.2. The van der Waals surface area contributed by atoms with Crippen LogP contribution in [-0.4, -0.2) is 20.2 Å². The van der Waals surface area contributed by atoms with E-state index in [1.807, 2.05) is 56.3 Å². The molecule has 0 spiro atoms. The molecule has 0 saturated carbocycles. The summed E-state index contributed by atoms with van der Waals surface area (Å²) in [6.45, 7) is 4.59. The lowest BCUT2D eigenvalue weighted by molar-refractivity contribution is 0.959. The molecule has 0 bridgehead atoms. The highest BCUT2D eigenvalue weighted by Crippen LogP contribution is 2.17. The summed E-state index contributed by atoms with van der Waals surface area (Å²) in [5.74, 6) is 1.54. The van der Waals surface area contributed by atoms with Gasteiger partial charge in [0, 0.05) is 23.0 Å². The Morgan fingerprint density at radius 3 is 2.57 bits per heavy atom. The molecule has 106 valence electrons. The summed E-state index contributed by atoms with van der Waals surface area (Å²) < 4.78 is 0. The molecule has 1 aromatic carbocycles. The van der Waals surface area contributed by atoms with Gasteiger partial charge < -0.3 is 5.32 Å². The Morgan fingerprint density at radius 1 is 1.05 bits per heavy atom. The molecular weight excluding hydrogens is 262 g/mol. The second-order valence-corrected chi connectivity index (χ2v) is 4.98. The lowest BCUT2D eigenvalue weighted by Gasteiger charge is -2.07. The zero-order valence-corrected chi connectivity index (χ0v) is 12.1. The van der Waals surface area contributed by atoms with E-state index in [9.17, 15) is 0 Å². The topological polar surface area (TPSA) is 66.5 Å². The van der Waals surface area contributed by atoms with Gasteiger partial charge in [-0.15, -0.1) is 0 Å². The average Bonchev–Trinajstić information content (AvgIpc) is 2.91. The number of hydrogen-bond donors (Lipinski definition) is 2. The van der Waals surface area contributed by atoms with E-state index >= 15 is 0 Å². The molecule has 0 atom stereocenters. The molecule has 0 radical (unpaired) electrons. The summed E-state index contributed by atoms with van der Waals surface area (Å²) >= 11 is 0. The van der Waals surface area contributed by atoms with E-state index in [1.54, 1.807) is 0 Å². The van der Waals surface area contributed by atoms with Gasteiger partial charge in [0.1, 0.15) is 5.82 Å². The first-order valence-electron chi connectivity index (χ1n) is 6.86. The van der Waals surface area contributed by atoms with Crippen molar-refractivity contribution in [2.24, 2.45) is 0 Å². The third kappa shape index (κ3) is 3.25. The van der Waals surface area contributed by atoms with E-state index in [4.69, 9.17) is 0 Å². The Morgan fingerprint density at radius 2 is 1.86 bits per heavy atom. The van der Waals surface area contributed by atoms with Crippen LogP contribution in [0.3, 0.4) is 0 Å². The van der Waals surface area contributed by atoms with Crippen LogP contribution in [0.2, 0.25) is 0 Å². The van der Waals surface area contributed by atoms with Crippen molar-refractivity contribution in [3.63, 3.8) is 0 Å². The van der Waals surface area contributed by atoms with Gasteiger partial charge in [0.25, 0.3) is 0 Å². The monoisotopic (exact) mass is 279 g/mol. The quantitative estimate of drug-likeness (QED) is 0.770. The predicted molar refractivity (Wildman–Crippen MR) is 82.9 cm³/mol. The van der Waals surface area contributed by atoms with Crippen molar-refractivity contribution in [3.8, 4) is 11.4 Å². The maximum Gasteiger partial charge on any atom is 0.161 e. The van der Waals surface area contributed by atoms with Crippen molar-refractivity contribution < 1.29 is 0 Å². The molecule has 2 heterocycles. The molecule has 0 saturated heterocycles. The van der Waals surface area contributed by atoms with Crippen LogP contribution in [0.15, 0.2) is 42.5 Å². The number of H-pyrrole nitrogens is 1. The second-order valence-electron chi connectivity index (χ2n) is 4.98. The third-order valence-electron chi connectivity index (χ3n) is 3.10. The average molecular weight is 279 g/mol. The Bertz CT molecular complexity index is 733. The summed E-state index contributed by atoms with van der Waals surface area (Å²) in [6, 6.07) is 13.9. The van der Waals surface area contributed by atoms with E-state index in [1.165, 1.54) is 0 Å². The van der Waals surface area contributed by atoms with Crippen LogP contribution in [0, 0.1) is 13.8 Å². The molecule has 21 heavy (non-hydrogen) atoms. The van der Waals surface area contributed by atoms with Crippen LogP contribution in [0.4, 0.5) is 5.82 Å². The molecule has 0 aliphatic carbocycles. The lowest BCUT2D eigenvalue weighted by Crippen LogP contribution is -2.04. The van der Waals surface area contributed by atoms with Gasteiger partial charge >= 0.3 is 0 Å². The van der Waals surface area contributed by atoms with Gasteiger partial charge in [-0.05, 0) is 19.9 Å². The third-order valence-corrected chi connectivity index (χ3v) is 3.10. The van der Waals surface area contributed by atoms with Gasteiger partial charge in [0.2, 0.25) is 0 Å². The van der Waals surface area contributed by atoms with Gasteiger partial charge in [-0.2, -0.15) is 5.10 Å². The number of hydrogen-bond acceptors (Lipinski definition) is 4. The fourth-order valence-electron chi connectivity index (χ4n) is 2.12. The maximum absolute atomic E-state index is 4.57. The molecule has 5 heteroatoms. The molecule has 0 aliphatic heterocycles. The highest BCUT2D eigenvalue weighted by molar-refractivity contribution is 5.57. The van der Waals surface area contributed by atoms with Crippen LogP contribution >= 0.6 is 0 Å². The molecule has 2 aromatic heterocycles. The fourth-order valence-corrected chi connectivity index (χ4v) is 2.12. The number of rotatable bonds is 4. The van der Waals surface area contributed by atoms with Crippen LogP contribution in [0.1, 0.15) is 17.1 Å². The number of aromatic nitrogens is 4. The smallest absolute Gasteiger partial charge is 0.161 e. The van der Waals surface area contributed by atoms with Crippen molar-refractivity contribution in [1.82, 2.24) is 20.2 Å². The number of nitrogens with one attached hydrogen (secondary N) is 2.